The van der Waals surface area contributed by atoms with E-state index in [4.69, 9.17) is 11.6 Å². The van der Waals surface area contributed by atoms with Crippen LogP contribution in [0.1, 0.15) is 29.2 Å². The molecule has 0 aliphatic heterocycles. The number of halogens is 3. The topological polar surface area (TPSA) is 46.0 Å². The van der Waals surface area contributed by atoms with Gasteiger partial charge in [0.2, 0.25) is 0 Å². The Labute approximate surface area is 121 Å². The van der Waals surface area contributed by atoms with Gasteiger partial charge in [0.05, 0.1) is 15.6 Å². The number of hydrogen-bond donors (Lipinski definition) is 1. The molecule has 0 radical (unpaired) electrons. The second-order valence-electron chi connectivity index (χ2n) is 3.60. The van der Waals surface area contributed by atoms with E-state index < -0.39 is 11.9 Å². The highest BCUT2D eigenvalue weighted by molar-refractivity contribution is 9.10. The van der Waals surface area contributed by atoms with Gasteiger partial charge in [-0.05, 0) is 39.9 Å². The van der Waals surface area contributed by atoms with Gasteiger partial charge in [-0.15, -0.1) is 5.10 Å². The Balaban J connectivity index is 2.46. The molecule has 1 heterocycles. The summed E-state index contributed by atoms with van der Waals surface area (Å²) in [5.41, 5.74) is 0.801. The minimum atomic E-state index is -1.09. The molecule has 1 aromatic heterocycles. The highest BCUT2D eigenvalue weighted by atomic mass is 79.9. The van der Waals surface area contributed by atoms with Crippen LogP contribution in [0.2, 0.25) is 5.02 Å². The summed E-state index contributed by atoms with van der Waals surface area (Å²) in [6.45, 7) is 1.90. The van der Waals surface area contributed by atoms with E-state index in [2.05, 4.69) is 25.5 Å². The number of rotatable bonds is 3. The number of aromatic nitrogens is 2. The summed E-state index contributed by atoms with van der Waals surface area (Å²) in [6, 6.07) is 3.10. The second kappa shape index (κ2) is 5.61. The van der Waals surface area contributed by atoms with E-state index in [0.29, 0.717) is 21.5 Å². The Hall–Kier alpha value is -0.560. The first-order chi connectivity index (χ1) is 8.56. The molecule has 3 nitrogen and oxygen atoms in total. The fourth-order valence-corrected chi connectivity index (χ4v) is 2.78. The number of hydrogen-bond acceptors (Lipinski definition) is 4. The Bertz CT molecular complexity index is 578. The number of benzene rings is 1. The van der Waals surface area contributed by atoms with Gasteiger partial charge in [0.15, 0.2) is 0 Å². The molecule has 1 aromatic carbocycles. The quantitative estimate of drug-likeness (QED) is 0.857. The van der Waals surface area contributed by atoms with Crippen LogP contribution in [0.5, 0.6) is 0 Å². The van der Waals surface area contributed by atoms with Crippen molar-refractivity contribution in [2.24, 2.45) is 0 Å². The number of nitrogens with zero attached hydrogens (tertiary/aromatic N) is 2. The largest absolute Gasteiger partial charge is 0.383 e. The number of aliphatic hydroxyl groups excluding tert-OH is 1. The SMILES string of the molecule is CCc1nnsc1C(O)c1ccc(Br)c(Cl)c1F. The first-order valence-corrected chi connectivity index (χ1v) is 7.13. The third kappa shape index (κ3) is 2.42. The van der Waals surface area contributed by atoms with E-state index in [-0.39, 0.29) is 10.6 Å². The van der Waals surface area contributed by atoms with Gasteiger partial charge in [0, 0.05) is 10.0 Å². The van der Waals surface area contributed by atoms with Crippen molar-refractivity contribution in [3.05, 3.63) is 43.6 Å². The smallest absolute Gasteiger partial charge is 0.149 e. The molecule has 0 saturated carbocycles. The van der Waals surface area contributed by atoms with E-state index in [1.165, 1.54) is 6.07 Å². The Morgan fingerprint density at radius 3 is 2.94 bits per heavy atom. The van der Waals surface area contributed by atoms with E-state index >= 15 is 0 Å². The first-order valence-electron chi connectivity index (χ1n) is 5.18. The molecule has 2 aromatic rings. The van der Waals surface area contributed by atoms with Gasteiger partial charge in [0.25, 0.3) is 0 Å². The van der Waals surface area contributed by atoms with Gasteiger partial charge in [-0.3, -0.25) is 0 Å². The molecule has 7 heteroatoms. The van der Waals surface area contributed by atoms with Crippen LogP contribution in [0.15, 0.2) is 16.6 Å². The second-order valence-corrected chi connectivity index (χ2v) is 5.62. The number of aliphatic hydroxyl groups is 1. The summed E-state index contributed by atoms with van der Waals surface area (Å²) in [6.07, 6.45) is -0.458. The standard InChI is InChI=1S/C11H9BrClFN2OS/c1-2-7-11(18-16-15-7)10(17)5-3-4-6(12)8(13)9(5)14/h3-4,10,17H,2H2,1H3. The lowest BCUT2D eigenvalue weighted by molar-refractivity contribution is 0.217. The Morgan fingerprint density at radius 2 is 2.28 bits per heavy atom. The van der Waals surface area contributed by atoms with Crippen LogP contribution in [-0.2, 0) is 6.42 Å². The fraction of sp³-hybridized carbons (Fsp3) is 0.273. The van der Waals surface area contributed by atoms with E-state index in [1.807, 2.05) is 6.92 Å². The van der Waals surface area contributed by atoms with Crippen molar-refractivity contribution in [1.82, 2.24) is 9.59 Å². The zero-order valence-electron chi connectivity index (χ0n) is 9.32. The predicted molar refractivity (Wildman–Crippen MR) is 72.5 cm³/mol. The molecule has 0 fully saturated rings. The van der Waals surface area contributed by atoms with Crippen molar-refractivity contribution in [3.63, 3.8) is 0 Å². The van der Waals surface area contributed by atoms with Crippen LogP contribution >= 0.6 is 39.1 Å². The van der Waals surface area contributed by atoms with E-state index in [0.717, 1.165) is 11.5 Å². The summed E-state index contributed by atoms with van der Waals surface area (Å²) < 4.78 is 18.2. The van der Waals surface area contributed by atoms with Crippen LogP contribution in [-0.4, -0.2) is 14.7 Å². The fourth-order valence-electron chi connectivity index (χ4n) is 1.56. The third-order valence-electron chi connectivity index (χ3n) is 2.53. The molecule has 18 heavy (non-hydrogen) atoms. The van der Waals surface area contributed by atoms with Gasteiger partial charge >= 0.3 is 0 Å². The van der Waals surface area contributed by atoms with Crippen molar-refractivity contribution in [3.8, 4) is 0 Å². The molecular formula is C11H9BrClFN2OS. The summed E-state index contributed by atoms with van der Waals surface area (Å²) in [5, 5.41) is 14.1. The highest BCUT2D eigenvalue weighted by Gasteiger charge is 2.23. The van der Waals surface area contributed by atoms with Crippen LogP contribution in [0.3, 0.4) is 0 Å². The van der Waals surface area contributed by atoms with Crippen LogP contribution in [0.4, 0.5) is 4.39 Å². The lowest BCUT2D eigenvalue weighted by Crippen LogP contribution is -2.04. The average molecular weight is 352 g/mol. The Morgan fingerprint density at radius 1 is 1.56 bits per heavy atom. The molecule has 0 spiro atoms. The number of aryl methyl sites for hydroxylation is 1. The van der Waals surface area contributed by atoms with Crippen LogP contribution in [0, 0.1) is 5.82 Å². The molecule has 0 aliphatic carbocycles. The van der Waals surface area contributed by atoms with Gasteiger partial charge < -0.3 is 5.11 Å². The zero-order chi connectivity index (χ0) is 13.3. The predicted octanol–water partition coefficient (Wildman–Crippen LogP) is 3.74. The van der Waals surface area contributed by atoms with Gasteiger partial charge in [0.1, 0.15) is 11.9 Å². The molecule has 0 bridgehead atoms. The highest BCUT2D eigenvalue weighted by Crippen LogP contribution is 2.34. The molecule has 96 valence electrons. The van der Waals surface area contributed by atoms with Crippen molar-refractivity contribution in [2.75, 3.05) is 0 Å². The van der Waals surface area contributed by atoms with E-state index in [9.17, 15) is 9.50 Å². The summed E-state index contributed by atoms with van der Waals surface area (Å²) >= 11 is 9.99. The van der Waals surface area contributed by atoms with Crippen molar-refractivity contribution in [2.45, 2.75) is 19.4 Å². The van der Waals surface area contributed by atoms with Crippen molar-refractivity contribution < 1.29 is 9.50 Å². The van der Waals surface area contributed by atoms with Gasteiger partial charge in [-0.2, -0.15) is 0 Å². The van der Waals surface area contributed by atoms with E-state index in [1.54, 1.807) is 6.07 Å². The molecule has 0 aliphatic rings. The summed E-state index contributed by atoms with van der Waals surface area (Å²) in [7, 11) is 0. The molecular weight excluding hydrogens is 343 g/mol. The minimum Gasteiger partial charge on any atom is -0.383 e. The maximum absolute atomic E-state index is 14.0. The monoisotopic (exact) mass is 350 g/mol. The lowest BCUT2D eigenvalue weighted by atomic mass is 10.1. The maximum atomic E-state index is 14.0. The average Bonchev–Trinajstić information content (AvgIpc) is 2.83. The zero-order valence-corrected chi connectivity index (χ0v) is 12.5. The normalized spacial score (nSPS) is 12.7. The Kier molecular flexibility index (Phi) is 4.32. The van der Waals surface area contributed by atoms with Crippen molar-refractivity contribution in [1.29, 1.82) is 0 Å². The third-order valence-corrected chi connectivity index (χ3v) is 4.61. The van der Waals surface area contributed by atoms with Crippen LogP contribution in [0.25, 0.3) is 0 Å². The summed E-state index contributed by atoms with van der Waals surface area (Å²) in [5.74, 6) is -0.631. The van der Waals surface area contributed by atoms with Gasteiger partial charge in [-0.1, -0.05) is 29.1 Å². The molecule has 1 unspecified atom stereocenters. The molecule has 0 saturated heterocycles. The van der Waals surface area contributed by atoms with Crippen molar-refractivity contribution >= 4 is 39.1 Å². The molecule has 1 atom stereocenters. The lowest BCUT2D eigenvalue weighted by Gasteiger charge is -2.12. The first kappa shape index (κ1) is 13.9. The molecule has 1 N–H and O–H groups in total. The van der Waals surface area contributed by atoms with Gasteiger partial charge in [-0.25, -0.2) is 4.39 Å². The summed E-state index contributed by atoms with van der Waals surface area (Å²) in [4.78, 5) is 0.551. The van der Waals surface area contributed by atoms with Crippen LogP contribution < -0.4 is 0 Å². The molecule has 2 rings (SSSR count). The minimum absolute atomic E-state index is 0.0397. The molecule has 0 amide bonds. The maximum Gasteiger partial charge on any atom is 0.149 e.